The van der Waals surface area contributed by atoms with Crippen LogP contribution in [0.5, 0.6) is 5.75 Å². The van der Waals surface area contributed by atoms with E-state index in [1.165, 1.54) is 24.3 Å². The highest BCUT2D eigenvalue weighted by molar-refractivity contribution is 6.05. The van der Waals surface area contributed by atoms with E-state index in [0.29, 0.717) is 35.5 Å². The van der Waals surface area contributed by atoms with E-state index >= 15 is 0 Å². The predicted molar refractivity (Wildman–Crippen MR) is 113 cm³/mol. The van der Waals surface area contributed by atoms with E-state index in [-0.39, 0.29) is 11.1 Å². The summed E-state index contributed by atoms with van der Waals surface area (Å²) >= 11 is 0. The summed E-state index contributed by atoms with van der Waals surface area (Å²) in [6.07, 6.45) is -8.87. The molecule has 0 aromatic heterocycles. The Morgan fingerprint density at radius 2 is 1.72 bits per heavy atom. The predicted octanol–water partition coefficient (Wildman–Crippen LogP) is 4.75. The number of carbonyl (C=O) groups excluding carboxylic acids is 2. The molecular formula is C22H17F7N4O3. The van der Waals surface area contributed by atoms with Crippen LogP contribution in [-0.4, -0.2) is 54.3 Å². The minimum atomic E-state index is -5.16. The summed E-state index contributed by atoms with van der Waals surface area (Å²) in [6.45, 7) is -1.80. The second-order valence-corrected chi connectivity index (χ2v) is 7.73. The fourth-order valence-electron chi connectivity index (χ4n) is 4.01. The van der Waals surface area contributed by atoms with Crippen LogP contribution in [0, 0.1) is 22.6 Å². The molecule has 2 atom stereocenters. The molecule has 0 aliphatic carbocycles. The van der Waals surface area contributed by atoms with E-state index < -0.39 is 66.0 Å². The molecule has 14 heteroatoms. The van der Waals surface area contributed by atoms with Gasteiger partial charge < -0.3 is 25.8 Å². The van der Waals surface area contributed by atoms with Gasteiger partial charge in [0.1, 0.15) is 18.1 Å². The Morgan fingerprint density at radius 3 is 2.31 bits per heavy atom. The number of ether oxygens (including phenoxy) is 1. The smallest absolute Gasteiger partial charge is 0.406 e. The summed E-state index contributed by atoms with van der Waals surface area (Å²) in [7, 11) is 0. The molecule has 0 saturated heterocycles. The van der Waals surface area contributed by atoms with Crippen molar-refractivity contribution in [2.24, 2.45) is 5.92 Å². The number of benzene rings is 2. The maximum atomic E-state index is 13.9. The van der Waals surface area contributed by atoms with Crippen molar-refractivity contribution in [3.63, 3.8) is 0 Å². The van der Waals surface area contributed by atoms with Gasteiger partial charge in [0.05, 0.1) is 12.0 Å². The van der Waals surface area contributed by atoms with Crippen molar-refractivity contribution < 1.29 is 45.1 Å². The highest BCUT2D eigenvalue weighted by Gasteiger charge is 2.49. The third kappa shape index (κ3) is 5.98. The number of amides is 2. The third-order valence-electron chi connectivity index (χ3n) is 5.27. The minimum Gasteiger partial charge on any atom is -0.406 e. The molecular weight excluding hydrogens is 501 g/mol. The van der Waals surface area contributed by atoms with Crippen molar-refractivity contribution >= 4 is 29.9 Å². The first kappa shape index (κ1) is 26.6. The highest BCUT2D eigenvalue weighted by atomic mass is 19.4. The van der Waals surface area contributed by atoms with E-state index in [0.717, 1.165) is 0 Å². The zero-order valence-electron chi connectivity index (χ0n) is 18.0. The molecule has 1 heterocycles. The number of nitrogens with zero attached hydrogens (tertiary/aromatic N) is 1. The van der Waals surface area contributed by atoms with Gasteiger partial charge >= 0.3 is 12.5 Å². The minimum absolute atomic E-state index is 0.0275. The molecule has 2 aromatic rings. The van der Waals surface area contributed by atoms with Gasteiger partial charge in [0, 0.05) is 41.7 Å². The van der Waals surface area contributed by atoms with E-state index in [1.807, 2.05) is 0 Å². The van der Waals surface area contributed by atoms with Crippen LogP contribution in [0.15, 0.2) is 42.5 Å². The van der Waals surface area contributed by atoms with Gasteiger partial charge in [0.2, 0.25) is 5.91 Å². The summed E-state index contributed by atoms with van der Waals surface area (Å²) in [5.74, 6) is -7.44. The lowest BCUT2D eigenvalue weighted by atomic mass is 9.77. The fourth-order valence-corrected chi connectivity index (χ4v) is 4.01. The van der Waals surface area contributed by atoms with E-state index in [4.69, 9.17) is 10.8 Å². The van der Waals surface area contributed by atoms with Gasteiger partial charge in [0.15, 0.2) is 0 Å². The largest absolute Gasteiger partial charge is 0.573 e. The van der Waals surface area contributed by atoms with Gasteiger partial charge in [-0.15, -0.1) is 13.2 Å². The highest BCUT2D eigenvalue weighted by Crippen LogP contribution is 2.39. The average molecular weight is 518 g/mol. The summed E-state index contributed by atoms with van der Waals surface area (Å²) in [5.41, 5.74) is -0.775. The lowest BCUT2D eigenvalue weighted by Gasteiger charge is -2.43. The molecule has 36 heavy (non-hydrogen) atoms. The Morgan fingerprint density at radius 1 is 1.08 bits per heavy atom. The second kappa shape index (κ2) is 9.95. The molecule has 0 bridgehead atoms. The molecule has 3 rings (SSSR count). The zero-order valence-corrected chi connectivity index (χ0v) is 18.0. The Kier molecular flexibility index (Phi) is 7.36. The van der Waals surface area contributed by atoms with Crippen molar-refractivity contribution in [3.8, 4) is 5.75 Å². The van der Waals surface area contributed by atoms with E-state index in [9.17, 15) is 40.3 Å². The number of hydrogen-bond donors (Lipinski definition) is 3. The van der Waals surface area contributed by atoms with Gasteiger partial charge in [-0.05, 0) is 17.7 Å². The first-order valence-electron chi connectivity index (χ1n) is 10.1. The molecule has 2 aromatic carbocycles. The number of hydrogen-bond acceptors (Lipinski definition) is 5. The summed E-state index contributed by atoms with van der Waals surface area (Å²) in [4.78, 5) is 26.6. The van der Waals surface area contributed by atoms with E-state index in [1.54, 1.807) is 0 Å². The number of nitrogens with one attached hydrogen (secondary N) is 3. The molecule has 1 aliphatic heterocycles. The second-order valence-electron chi connectivity index (χ2n) is 7.73. The van der Waals surface area contributed by atoms with Crippen LogP contribution in [0.3, 0.4) is 0 Å². The average Bonchev–Trinajstić information content (AvgIpc) is 2.74. The molecule has 2 amide bonds. The van der Waals surface area contributed by atoms with Gasteiger partial charge in [-0.25, -0.2) is 4.39 Å². The number of fused-ring (bicyclic) bond motifs is 1. The topological polar surface area (TPSA) is 106 Å². The van der Waals surface area contributed by atoms with Crippen molar-refractivity contribution in [2.45, 2.75) is 24.5 Å². The van der Waals surface area contributed by atoms with Crippen LogP contribution in [0.4, 0.5) is 36.4 Å². The van der Waals surface area contributed by atoms with Gasteiger partial charge in [-0.2, -0.15) is 13.2 Å². The number of rotatable bonds is 7. The van der Waals surface area contributed by atoms with Crippen LogP contribution < -0.4 is 10.1 Å². The Labute approximate surface area is 198 Å². The Bertz CT molecular complexity index is 1170. The number of halogens is 7. The number of alkyl halides is 6. The van der Waals surface area contributed by atoms with Crippen molar-refractivity contribution in [2.75, 3.05) is 11.9 Å². The van der Waals surface area contributed by atoms with Crippen LogP contribution in [-0.2, 0) is 4.79 Å². The molecule has 0 unspecified atom stereocenters. The van der Waals surface area contributed by atoms with Gasteiger partial charge in [-0.3, -0.25) is 9.59 Å². The Balaban J connectivity index is 2.10. The van der Waals surface area contributed by atoms with E-state index in [2.05, 4.69) is 10.1 Å². The van der Waals surface area contributed by atoms with Crippen LogP contribution in [0.2, 0.25) is 0 Å². The van der Waals surface area contributed by atoms with Gasteiger partial charge in [-0.1, -0.05) is 18.2 Å². The van der Waals surface area contributed by atoms with Crippen LogP contribution >= 0.6 is 0 Å². The molecule has 0 fully saturated rings. The molecule has 0 radical (unpaired) electrons. The maximum Gasteiger partial charge on any atom is 0.573 e. The third-order valence-corrected chi connectivity index (χ3v) is 5.27. The molecule has 192 valence electrons. The zero-order chi connectivity index (χ0) is 26.8. The Hall–Kier alpha value is -3.97. The molecule has 0 spiro atoms. The molecule has 3 N–H and O–H groups in total. The fraction of sp³-hybridized carbons (Fsp3) is 0.273. The SMILES string of the molecule is N=CC(C=N)[C@@H]1[C@@H](C(=O)Nc2cc(F)cc(OC(F)(F)F)c2)c2ccccc2C(=O)N1CC(F)(F)F. The lowest BCUT2D eigenvalue weighted by Crippen LogP contribution is -2.57. The lowest BCUT2D eigenvalue weighted by molar-refractivity contribution is -0.274. The molecule has 1 aliphatic rings. The van der Waals surface area contributed by atoms with Crippen LogP contribution in [0.1, 0.15) is 21.8 Å². The summed E-state index contributed by atoms with van der Waals surface area (Å²) in [6, 6.07) is 5.29. The standard InChI is InChI=1S/C22H17F7N4O3/c23-12-5-13(7-14(6-12)36-22(27,28)29)32-19(34)17-15-3-1-2-4-16(15)20(35)33(10-21(24,25)26)18(17)11(8-30)9-31/h1-9,11,17-18,30-31H,10H2,(H,32,34)/t11?,17-,18+/m0/s1. The van der Waals surface area contributed by atoms with Crippen molar-refractivity contribution in [1.29, 1.82) is 10.8 Å². The van der Waals surface area contributed by atoms with Crippen molar-refractivity contribution in [1.82, 2.24) is 4.90 Å². The van der Waals surface area contributed by atoms with Crippen LogP contribution in [0.25, 0.3) is 0 Å². The number of anilines is 1. The quantitative estimate of drug-likeness (QED) is 0.364. The van der Waals surface area contributed by atoms with Crippen molar-refractivity contribution in [3.05, 3.63) is 59.4 Å². The first-order valence-corrected chi connectivity index (χ1v) is 10.1. The molecule has 0 saturated carbocycles. The van der Waals surface area contributed by atoms with Gasteiger partial charge in [0.25, 0.3) is 5.91 Å². The summed E-state index contributed by atoms with van der Waals surface area (Å²) in [5, 5.41) is 17.3. The number of carbonyl (C=O) groups is 2. The monoisotopic (exact) mass is 518 g/mol. The molecule has 7 nitrogen and oxygen atoms in total. The normalized spacial score (nSPS) is 18.8. The summed E-state index contributed by atoms with van der Waals surface area (Å²) < 4.78 is 95.4. The maximum absolute atomic E-state index is 13.9. The first-order chi connectivity index (χ1) is 16.7.